The van der Waals surface area contributed by atoms with E-state index in [0.717, 1.165) is 39.6 Å². The molecule has 54 heavy (non-hydrogen) atoms. The average molecular weight is 690 g/mol. The first kappa shape index (κ1) is 30.8. The van der Waals surface area contributed by atoms with Gasteiger partial charge in [0.05, 0.1) is 27.7 Å². The number of hydrogen-bond donors (Lipinski definition) is 0. The van der Waals surface area contributed by atoms with Gasteiger partial charge in [0.1, 0.15) is 0 Å². The second kappa shape index (κ2) is 12.1. The molecule has 0 fully saturated rings. The van der Waals surface area contributed by atoms with E-state index in [1.54, 1.807) is 0 Å². The highest BCUT2D eigenvalue weighted by Gasteiger charge is 2.46. The van der Waals surface area contributed by atoms with Gasteiger partial charge in [-0.1, -0.05) is 170 Å². The van der Waals surface area contributed by atoms with Gasteiger partial charge < -0.3 is 0 Å². The fraction of sp³-hybridized carbons (Fsp3) is 0.0588. The van der Waals surface area contributed by atoms with E-state index in [4.69, 9.17) is 9.97 Å². The molecule has 0 bridgehead atoms. The molecule has 3 nitrogen and oxygen atoms in total. The number of nitrogens with zero attached hydrogens (tertiary/aromatic N) is 3. The van der Waals surface area contributed by atoms with Gasteiger partial charge in [-0.25, -0.2) is 9.97 Å². The molecular weight excluding hydrogens is 655 g/mol. The topological polar surface area (TPSA) is 30.7 Å². The summed E-state index contributed by atoms with van der Waals surface area (Å²) in [5.41, 5.74) is 13.6. The van der Waals surface area contributed by atoms with Crippen LogP contribution in [-0.2, 0) is 5.41 Å². The fourth-order valence-electron chi connectivity index (χ4n) is 9.25. The van der Waals surface area contributed by atoms with Gasteiger partial charge in [-0.3, -0.25) is 4.57 Å². The Bertz CT molecular complexity index is 2920. The highest BCUT2D eigenvalue weighted by molar-refractivity contribution is 6.12. The molecule has 2 aliphatic carbocycles. The molecule has 0 spiro atoms. The lowest BCUT2D eigenvalue weighted by molar-refractivity contribution is 0.769. The number of aromatic nitrogens is 3. The minimum atomic E-state index is -0.508. The minimum Gasteiger partial charge on any atom is -0.278 e. The van der Waals surface area contributed by atoms with Gasteiger partial charge in [-0.15, -0.1) is 0 Å². The van der Waals surface area contributed by atoms with Crippen LogP contribution in [0.25, 0.3) is 55.4 Å². The van der Waals surface area contributed by atoms with E-state index >= 15 is 0 Å². The third-order valence-electron chi connectivity index (χ3n) is 11.6. The van der Waals surface area contributed by atoms with Crippen LogP contribution in [0.15, 0.2) is 194 Å². The normalized spacial score (nSPS) is 15.7. The van der Waals surface area contributed by atoms with Crippen LogP contribution < -0.4 is 0 Å². The Kier molecular flexibility index (Phi) is 6.90. The molecule has 11 rings (SSSR count). The molecule has 0 radical (unpaired) electrons. The predicted octanol–water partition coefficient (Wildman–Crippen LogP) is 12.2. The van der Waals surface area contributed by atoms with Crippen LogP contribution in [0.1, 0.15) is 45.8 Å². The summed E-state index contributed by atoms with van der Waals surface area (Å²) in [4.78, 5) is 10.8. The zero-order valence-corrected chi connectivity index (χ0v) is 29.6. The summed E-state index contributed by atoms with van der Waals surface area (Å²) in [5, 5.41) is 3.43. The van der Waals surface area contributed by atoms with Gasteiger partial charge in [0.25, 0.3) is 0 Å². The number of rotatable bonds is 5. The van der Waals surface area contributed by atoms with Crippen molar-refractivity contribution < 1.29 is 0 Å². The zero-order chi connectivity index (χ0) is 35.6. The first-order valence-corrected chi connectivity index (χ1v) is 18.8. The van der Waals surface area contributed by atoms with E-state index in [9.17, 15) is 0 Å². The minimum absolute atomic E-state index is 0.348. The maximum Gasteiger partial charge on any atom is 0.235 e. The molecule has 1 unspecified atom stereocenters. The average Bonchev–Trinajstić information content (AvgIpc) is 3.73. The molecule has 2 heterocycles. The Morgan fingerprint density at radius 1 is 0.519 bits per heavy atom. The second-order valence-corrected chi connectivity index (χ2v) is 14.5. The largest absolute Gasteiger partial charge is 0.278 e. The van der Waals surface area contributed by atoms with Crippen molar-refractivity contribution in [2.45, 2.75) is 17.8 Å². The van der Waals surface area contributed by atoms with Crippen LogP contribution >= 0.6 is 0 Å². The molecule has 254 valence electrons. The highest BCUT2D eigenvalue weighted by atomic mass is 15.2. The quantitative estimate of drug-likeness (QED) is 0.180. The molecule has 7 aromatic carbocycles. The number of fused-ring (bicyclic) bond motifs is 7. The van der Waals surface area contributed by atoms with Crippen molar-refractivity contribution in [1.29, 1.82) is 0 Å². The van der Waals surface area contributed by atoms with Crippen LogP contribution in [-0.4, -0.2) is 14.5 Å². The Hall–Kier alpha value is -6.84. The number of benzene rings is 7. The van der Waals surface area contributed by atoms with Gasteiger partial charge in [0, 0.05) is 22.1 Å². The van der Waals surface area contributed by atoms with Crippen molar-refractivity contribution in [3.05, 3.63) is 228 Å². The van der Waals surface area contributed by atoms with Crippen molar-refractivity contribution in [3.8, 4) is 17.1 Å². The second-order valence-electron chi connectivity index (χ2n) is 14.5. The van der Waals surface area contributed by atoms with Gasteiger partial charge in [0.15, 0.2) is 0 Å². The van der Waals surface area contributed by atoms with E-state index in [0.29, 0.717) is 11.9 Å². The maximum atomic E-state index is 5.48. The third-order valence-corrected chi connectivity index (χ3v) is 11.6. The maximum absolute atomic E-state index is 5.48. The molecule has 9 aromatic rings. The van der Waals surface area contributed by atoms with E-state index in [1.165, 1.54) is 49.7 Å². The third kappa shape index (κ3) is 4.48. The van der Waals surface area contributed by atoms with E-state index < -0.39 is 5.41 Å². The predicted molar refractivity (Wildman–Crippen MR) is 222 cm³/mol. The Balaban J connectivity index is 1.18. The summed E-state index contributed by atoms with van der Waals surface area (Å²) in [5.74, 6) is 1.02. The molecule has 2 aliphatic rings. The molecule has 3 heteroatoms. The summed E-state index contributed by atoms with van der Waals surface area (Å²) in [7, 11) is 0. The van der Waals surface area contributed by atoms with E-state index in [-0.39, 0.29) is 0 Å². The monoisotopic (exact) mass is 689 g/mol. The summed E-state index contributed by atoms with van der Waals surface area (Å²) in [6, 6.07) is 63.7. The summed E-state index contributed by atoms with van der Waals surface area (Å²) in [6.45, 7) is 0. The van der Waals surface area contributed by atoms with Crippen molar-refractivity contribution in [1.82, 2.24) is 14.5 Å². The van der Waals surface area contributed by atoms with Gasteiger partial charge >= 0.3 is 0 Å². The van der Waals surface area contributed by atoms with Gasteiger partial charge in [0.2, 0.25) is 5.95 Å². The van der Waals surface area contributed by atoms with E-state index in [1.807, 2.05) is 0 Å². The molecule has 1 atom stereocenters. The van der Waals surface area contributed by atoms with Crippen LogP contribution in [0.3, 0.4) is 0 Å². The van der Waals surface area contributed by atoms with Crippen molar-refractivity contribution in [3.63, 3.8) is 0 Å². The number of para-hydroxylation sites is 2. The molecule has 0 saturated heterocycles. The molecule has 2 aromatic heterocycles. The van der Waals surface area contributed by atoms with Crippen molar-refractivity contribution in [2.24, 2.45) is 0 Å². The number of allylic oxidation sites excluding steroid dienone is 4. The first-order chi connectivity index (χ1) is 26.8. The lowest BCUT2D eigenvalue weighted by Crippen LogP contribution is -2.28. The lowest BCUT2D eigenvalue weighted by Gasteiger charge is -2.34. The van der Waals surface area contributed by atoms with Crippen LogP contribution in [0.4, 0.5) is 0 Å². The van der Waals surface area contributed by atoms with Gasteiger partial charge in [-0.2, -0.15) is 0 Å². The van der Waals surface area contributed by atoms with Crippen molar-refractivity contribution in [2.75, 3.05) is 0 Å². The summed E-state index contributed by atoms with van der Waals surface area (Å²) in [6.07, 6.45) is 7.85. The molecule has 0 N–H and O–H groups in total. The zero-order valence-electron chi connectivity index (χ0n) is 29.6. The Labute approximate surface area is 314 Å². The standard InChI is InChI=1S/C51H35N3/c1-4-16-34(17-5-1)35-28-30-36(31-29-35)49-41-24-11-14-26-46(41)52-50(53-49)54-47-27-15-12-23-40(47)43-32-42-39-22-10-13-25-44(39)51(45(42)33-48(43)54,37-18-6-2-7-19-37)38-20-8-3-9-21-38/h1-28,30-33,35H,29H2. The number of hydrogen-bond acceptors (Lipinski definition) is 2. The Morgan fingerprint density at radius 2 is 1.17 bits per heavy atom. The molecule has 0 saturated carbocycles. The fourth-order valence-corrected chi connectivity index (χ4v) is 9.25. The first-order valence-electron chi connectivity index (χ1n) is 18.8. The van der Waals surface area contributed by atoms with Crippen molar-refractivity contribution >= 4 is 38.3 Å². The van der Waals surface area contributed by atoms with E-state index in [2.05, 4.69) is 199 Å². The van der Waals surface area contributed by atoms with Crippen LogP contribution in [0.5, 0.6) is 0 Å². The lowest BCUT2D eigenvalue weighted by atomic mass is 9.67. The smallest absolute Gasteiger partial charge is 0.235 e. The Morgan fingerprint density at radius 3 is 1.91 bits per heavy atom. The highest BCUT2D eigenvalue weighted by Crippen LogP contribution is 2.57. The molecule has 0 amide bonds. The van der Waals surface area contributed by atoms with Crippen LogP contribution in [0.2, 0.25) is 0 Å². The molecular formula is C51H35N3. The van der Waals surface area contributed by atoms with Crippen LogP contribution in [0, 0.1) is 0 Å². The molecule has 0 aliphatic heterocycles. The SMILES string of the molecule is C1=CC(c2ccccc2)CC=C1c1nc(-n2c3ccccc3c3cc4c(cc32)C(c2ccccc2)(c2ccccc2)c2ccccc2-4)nc2ccccc12. The summed E-state index contributed by atoms with van der Waals surface area (Å²) >= 11 is 0. The summed E-state index contributed by atoms with van der Waals surface area (Å²) < 4.78 is 2.30. The van der Waals surface area contributed by atoms with Gasteiger partial charge in [-0.05, 0) is 75.2 Å².